The number of thiophene rings is 1. The monoisotopic (exact) mass is 938 g/mol. The van der Waals surface area contributed by atoms with E-state index in [4.69, 9.17) is 35.5 Å². The van der Waals surface area contributed by atoms with Crippen LogP contribution in [0.4, 0.5) is 0 Å². The van der Waals surface area contributed by atoms with Gasteiger partial charge in [-0.05, 0) is 95.0 Å². The Morgan fingerprint density at radius 2 is 1.73 bits per heavy atom. The van der Waals surface area contributed by atoms with Crippen molar-refractivity contribution in [3.8, 4) is 21.9 Å². The number of hydrogen-bond donors (Lipinski definition) is 0. The van der Waals surface area contributed by atoms with Gasteiger partial charge >= 0.3 is 11.7 Å². The van der Waals surface area contributed by atoms with Gasteiger partial charge in [-0.1, -0.05) is 29.8 Å². The number of furan rings is 1. The predicted molar refractivity (Wildman–Crippen MR) is 256 cm³/mol. The highest BCUT2D eigenvalue weighted by atomic mass is 35.5. The van der Waals surface area contributed by atoms with Crippen molar-refractivity contribution in [1.29, 1.82) is 0 Å². The molecule has 2 atom stereocenters. The minimum atomic E-state index is -0.694. The lowest BCUT2D eigenvalue weighted by Gasteiger charge is -2.15. The smallest absolute Gasteiger partial charge is 0.330 e. The fourth-order valence-corrected chi connectivity index (χ4v) is 10.5. The molecule has 0 unspecified atom stereocenters. The summed E-state index contributed by atoms with van der Waals surface area (Å²) < 4.78 is 21.7. The van der Waals surface area contributed by atoms with Gasteiger partial charge in [0.2, 0.25) is 0 Å². The lowest BCUT2D eigenvalue weighted by molar-refractivity contribution is -0.141. The summed E-state index contributed by atoms with van der Waals surface area (Å²) in [7, 11) is 2.93. The zero-order valence-electron chi connectivity index (χ0n) is 38.0. The van der Waals surface area contributed by atoms with Gasteiger partial charge in [0.05, 0.1) is 78.5 Å². The van der Waals surface area contributed by atoms with Crippen molar-refractivity contribution in [2.24, 2.45) is 4.99 Å². The van der Waals surface area contributed by atoms with E-state index in [1.807, 2.05) is 81.7 Å². The summed E-state index contributed by atoms with van der Waals surface area (Å²) in [4.78, 5) is 70.1. The van der Waals surface area contributed by atoms with Gasteiger partial charge in [-0.25, -0.2) is 4.79 Å². The molecule has 1 aliphatic heterocycles. The van der Waals surface area contributed by atoms with Gasteiger partial charge in [-0.15, -0.1) is 21.5 Å². The van der Waals surface area contributed by atoms with E-state index in [-0.39, 0.29) is 43.1 Å². The molecule has 15 nitrogen and oxygen atoms in total. The lowest BCUT2D eigenvalue weighted by atomic mass is 9.98. The van der Waals surface area contributed by atoms with Crippen molar-refractivity contribution in [1.82, 2.24) is 33.9 Å². The fourth-order valence-electron chi connectivity index (χ4n) is 9.09. The number of aryl methyl sites for hydroxylation is 3. The van der Waals surface area contributed by atoms with Crippen LogP contribution in [-0.4, -0.2) is 71.3 Å². The Morgan fingerprint density at radius 1 is 0.955 bits per heavy atom. The van der Waals surface area contributed by atoms with Crippen molar-refractivity contribution in [3.05, 3.63) is 139 Å². The Hall–Kier alpha value is -7.04. The summed E-state index contributed by atoms with van der Waals surface area (Å²) in [6.45, 7) is 9.32. The second-order valence-electron chi connectivity index (χ2n) is 16.7. The Balaban J connectivity index is 0.982. The molecule has 0 bridgehead atoms. The number of esters is 1. The molecular formula is C50H47ClN8O7S. The number of hydrogen-bond acceptors (Lipinski definition) is 13. The van der Waals surface area contributed by atoms with Crippen LogP contribution in [0.1, 0.15) is 106 Å². The number of aromatic nitrogens is 7. The summed E-state index contributed by atoms with van der Waals surface area (Å²) in [6, 6.07) is 15.5. The van der Waals surface area contributed by atoms with Gasteiger partial charge in [-0.2, -0.15) is 0 Å². The Morgan fingerprint density at radius 3 is 2.43 bits per heavy atom. The Kier molecular flexibility index (Phi) is 12.3. The molecule has 0 radical (unpaired) electrons. The molecule has 0 amide bonds. The number of ether oxygens (including phenoxy) is 2. The van der Waals surface area contributed by atoms with Gasteiger partial charge in [0.25, 0.3) is 0 Å². The number of Topliss-reactive ketones (excluding diaryl/α,β-unsaturated/α-hetero) is 2. The minimum Gasteiger partial charge on any atom is -0.496 e. The van der Waals surface area contributed by atoms with Crippen LogP contribution in [0.5, 0.6) is 5.75 Å². The SMILES string of the molecule is COC(=O)C[C@@H]1N=C(c2ccc(Cl)cc2)c2c(sc(C(=O)CCCCC(=O)Cn3c(=O)n([C@H](C)c4ccccn4)c4c5cc(OC)c(-c6c(C)coc6C)cc5ncc43)c2C)-n2c(C)nnc21. The van der Waals surface area contributed by atoms with Gasteiger partial charge < -0.3 is 13.9 Å². The van der Waals surface area contributed by atoms with E-state index in [0.29, 0.717) is 73.5 Å². The quantitative estimate of drug-likeness (QED) is 0.0543. The first-order chi connectivity index (χ1) is 32.3. The first-order valence-electron chi connectivity index (χ1n) is 21.9. The van der Waals surface area contributed by atoms with Crippen molar-refractivity contribution < 1.29 is 28.3 Å². The number of aliphatic imine (C=N–C) groups is 1. The van der Waals surface area contributed by atoms with Crippen LogP contribution in [0.2, 0.25) is 5.02 Å². The molecule has 17 heteroatoms. The van der Waals surface area contributed by atoms with Crippen molar-refractivity contribution in [3.63, 3.8) is 0 Å². The number of benzene rings is 2. The van der Waals surface area contributed by atoms with Crippen LogP contribution in [0, 0.1) is 27.7 Å². The van der Waals surface area contributed by atoms with Crippen LogP contribution in [0.25, 0.3) is 38.1 Å². The molecule has 9 rings (SSSR count). The van der Waals surface area contributed by atoms with Crippen LogP contribution in [-0.2, 0) is 20.9 Å². The molecule has 0 aliphatic carbocycles. The van der Waals surface area contributed by atoms with Crippen LogP contribution >= 0.6 is 22.9 Å². The third-order valence-electron chi connectivity index (χ3n) is 12.4. The molecule has 0 N–H and O–H groups in total. The zero-order chi connectivity index (χ0) is 47.3. The zero-order valence-corrected chi connectivity index (χ0v) is 39.6. The van der Waals surface area contributed by atoms with E-state index in [2.05, 4.69) is 15.2 Å². The van der Waals surface area contributed by atoms with E-state index in [9.17, 15) is 19.2 Å². The molecule has 0 saturated heterocycles. The van der Waals surface area contributed by atoms with Crippen molar-refractivity contribution in [2.45, 2.75) is 85.4 Å². The standard InChI is InChI=1S/C50H47ClN8O7S/c1-26-25-66-29(4)43(26)35-20-37-34(21-41(35)64-6)46-39(23-53-37)57(50(63)58(46)28(3)36-13-10-11-19-52-36)24-33(60)12-8-9-14-40(61)47-27(2)44-45(31-15-17-32(51)18-16-31)54-38(22-42(62)65-7)48-56-55-30(5)59(48)49(44)67-47/h10-11,13,15-21,23,25,28,38H,8-9,12,14,22,24H2,1-7H3/t28-,38+/m1/s1. The molecule has 67 heavy (non-hydrogen) atoms. The molecule has 6 aromatic heterocycles. The number of fused-ring (bicyclic) bond motifs is 6. The average Bonchev–Trinajstić information content (AvgIpc) is 4.04. The van der Waals surface area contributed by atoms with Crippen LogP contribution < -0.4 is 10.4 Å². The number of pyridine rings is 2. The van der Waals surface area contributed by atoms with Gasteiger partial charge in [-0.3, -0.25) is 43.0 Å². The summed E-state index contributed by atoms with van der Waals surface area (Å²) in [5.41, 5.74) is 7.60. The number of carbonyl (C=O) groups is 3. The molecule has 0 saturated carbocycles. The normalized spacial score (nSPS) is 13.9. The van der Waals surface area contributed by atoms with Crippen molar-refractivity contribution in [2.75, 3.05) is 14.2 Å². The number of ketones is 2. The summed E-state index contributed by atoms with van der Waals surface area (Å²) in [5, 5.41) is 10.7. The third-order valence-corrected chi connectivity index (χ3v) is 14.0. The van der Waals surface area contributed by atoms with E-state index in [1.54, 1.807) is 42.5 Å². The average molecular weight is 939 g/mol. The lowest BCUT2D eigenvalue weighted by Crippen LogP contribution is -2.29. The first kappa shape index (κ1) is 45.1. The molecule has 2 aromatic carbocycles. The summed E-state index contributed by atoms with van der Waals surface area (Å²) in [6.07, 6.45) is 6.22. The molecular weight excluding hydrogens is 892 g/mol. The third kappa shape index (κ3) is 8.18. The number of halogens is 1. The van der Waals surface area contributed by atoms with Crippen LogP contribution in [0.3, 0.4) is 0 Å². The maximum Gasteiger partial charge on any atom is 0.330 e. The topological polar surface area (TPSA) is 179 Å². The summed E-state index contributed by atoms with van der Waals surface area (Å²) in [5.74, 6) is 1.71. The molecule has 342 valence electrons. The number of imidazole rings is 1. The number of methoxy groups -OCH3 is 2. The molecule has 0 spiro atoms. The first-order valence-corrected chi connectivity index (χ1v) is 23.1. The number of unbranched alkanes of at least 4 members (excludes halogenated alkanes) is 1. The molecule has 1 aliphatic rings. The minimum absolute atomic E-state index is 0.0537. The van der Waals surface area contributed by atoms with E-state index >= 15 is 0 Å². The van der Waals surface area contributed by atoms with E-state index in [0.717, 1.165) is 44.1 Å². The maximum absolute atomic E-state index is 14.6. The van der Waals surface area contributed by atoms with Crippen molar-refractivity contribution >= 4 is 68.1 Å². The number of rotatable bonds is 15. The van der Waals surface area contributed by atoms with Gasteiger partial charge in [0.1, 0.15) is 28.4 Å². The van der Waals surface area contributed by atoms with Gasteiger partial charge in [0, 0.05) is 51.7 Å². The maximum atomic E-state index is 14.6. The number of nitrogens with zero attached hydrogens (tertiary/aromatic N) is 8. The molecule has 8 aromatic rings. The van der Waals surface area contributed by atoms with E-state index < -0.39 is 18.1 Å². The van der Waals surface area contributed by atoms with E-state index in [1.165, 1.54) is 23.0 Å². The Bertz CT molecular complexity index is 3320. The summed E-state index contributed by atoms with van der Waals surface area (Å²) >= 11 is 7.61. The number of carbonyl (C=O) groups excluding carboxylic acids is 3. The van der Waals surface area contributed by atoms with Gasteiger partial charge in [0.15, 0.2) is 17.4 Å². The Labute approximate surface area is 394 Å². The second kappa shape index (κ2) is 18.3. The second-order valence-corrected chi connectivity index (χ2v) is 18.1. The van der Waals surface area contributed by atoms with Crippen LogP contribution in [0.15, 0.2) is 87.5 Å². The predicted octanol–water partition coefficient (Wildman–Crippen LogP) is 9.62. The highest BCUT2D eigenvalue weighted by Crippen LogP contribution is 2.42. The fraction of sp³-hybridized carbons (Fsp3) is 0.300. The highest BCUT2D eigenvalue weighted by molar-refractivity contribution is 7.17. The highest BCUT2D eigenvalue weighted by Gasteiger charge is 2.34. The molecule has 0 fully saturated rings. The largest absolute Gasteiger partial charge is 0.496 e. The molecule has 7 heterocycles.